The maximum absolute atomic E-state index is 13.0. The molecule has 2 aromatic carbocycles. The van der Waals surface area contributed by atoms with Gasteiger partial charge in [-0.2, -0.15) is 4.98 Å². The Kier molecular flexibility index (Phi) is 4.90. The number of aromatic nitrogens is 2. The zero-order valence-electron chi connectivity index (χ0n) is 15.2. The van der Waals surface area contributed by atoms with Crippen LogP contribution in [0.15, 0.2) is 47.0 Å². The van der Waals surface area contributed by atoms with Crippen LogP contribution in [-0.2, 0) is 19.3 Å². The second-order valence-electron chi connectivity index (χ2n) is 7.02. The van der Waals surface area contributed by atoms with Crippen LogP contribution < -0.4 is 0 Å². The van der Waals surface area contributed by atoms with Gasteiger partial charge in [0.1, 0.15) is 11.6 Å². The molecule has 0 saturated heterocycles. The molecule has 0 spiro atoms. The van der Waals surface area contributed by atoms with Crippen molar-refractivity contribution in [3.05, 3.63) is 76.7 Å². The normalized spacial score (nSPS) is 15.9. The number of hydrogen-bond acceptors (Lipinski definition) is 5. The molecule has 4 rings (SSSR count). The van der Waals surface area contributed by atoms with Crippen molar-refractivity contribution in [1.82, 2.24) is 15.0 Å². The van der Waals surface area contributed by atoms with Gasteiger partial charge in [0.2, 0.25) is 5.89 Å². The highest BCUT2D eigenvalue weighted by molar-refractivity contribution is 5.36. The van der Waals surface area contributed by atoms with Crippen LogP contribution in [0.2, 0.25) is 0 Å². The summed E-state index contributed by atoms with van der Waals surface area (Å²) >= 11 is 0. The van der Waals surface area contributed by atoms with Crippen LogP contribution in [0.3, 0.4) is 0 Å². The summed E-state index contributed by atoms with van der Waals surface area (Å²) < 4.78 is 18.5. The molecule has 5 nitrogen and oxygen atoms in total. The molecule has 0 fully saturated rings. The number of halogens is 1. The van der Waals surface area contributed by atoms with Gasteiger partial charge in [-0.05, 0) is 60.7 Å². The van der Waals surface area contributed by atoms with Gasteiger partial charge < -0.3 is 9.63 Å². The summed E-state index contributed by atoms with van der Waals surface area (Å²) in [5.74, 6) is 1.27. The van der Waals surface area contributed by atoms with Gasteiger partial charge >= 0.3 is 0 Å². The predicted molar refractivity (Wildman–Crippen MR) is 99.0 cm³/mol. The number of phenolic OH excluding ortho intramolecular Hbond substituents is 1. The number of nitrogens with zero attached hydrogens (tertiary/aromatic N) is 3. The third-order valence-corrected chi connectivity index (χ3v) is 5.19. The van der Waals surface area contributed by atoms with Gasteiger partial charge in [-0.1, -0.05) is 23.4 Å². The fourth-order valence-electron chi connectivity index (χ4n) is 3.57. The SMILES string of the molecule is CC(c1nc(Cc2ccc(F)cc2)no1)N1CCc2ccc(O)cc2CC1. The van der Waals surface area contributed by atoms with Gasteiger partial charge in [-0.25, -0.2) is 4.39 Å². The first kappa shape index (κ1) is 17.7. The van der Waals surface area contributed by atoms with E-state index < -0.39 is 0 Å². The first-order valence-electron chi connectivity index (χ1n) is 9.20. The Morgan fingerprint density at radius 1 is 1.11 bits per heavy atom. The Morgan fingerprint density at radius 3 is 2.63 bits per heavy atom. The average molecular weight is 367 g/mol. The largest absolute Gasteiger partial charge is 0.508 e. The highest BCUT2D eigenvalue weighted by Gasteiger charge is 2.24. The van der Waals surface area contributed by atoms with E-state index in [1.165, 1.54) is 23.3 Å². The third kappa shape index (κ3) is 4.01. The van der Waals surface area contributed by atoms with Crippen molar-refractivity contribution >= 4 is 0 Å². The summed E-state index contributed by atoms with van der Waals surface area (Å²) in [4.78, 5) is 6.87. The van der Waals surface area contributed by atoms with Gasteiger partial charge in [-0.15, -0.1) is 0 Å². The summed E-state index contributed by atoms with van der Waals surface area (Å²) in [6.45, 7) is 3.84. The molecule has 1 atom stereocenters. The van der Waals surface area contributed by atoms with Crippen LogP contribution in [0.25, 0.3) is 0 Å². The Hall–Kier alpha value is -2.73. The summed E-state index contributed by atoms with van der Waals surface area (Å²) in [5.41, 5.74) is 3.43. The van der Waals surface area contributed by atoms with Crippen molar-refractivity contribution in [2.24, 2.45) is 0 Å². The number of aromatic hydroxyl groups is 1. The van der Waals surface area contributed by atoms with E-state index in [1.54, 1.807) is 18.2 Å². The average Bonchev–Trinajstić information content (AvgIpc) is 3.02. The fraction of sp³-hybridized carbons (Fsp3) is 0.333. The molecule has 27 heavy (non-hydrogen) atoms. The third-order valence-electron chi connectivity index (χ3n) is 5.19. The monoisotopic (exact) mass is 367 g/mol. The summed E-state index contributed by atoms with van der Waals surface area (Å²) in [5, 5.41) is 13.8. The lowest BCUT2D eigenvalue weighted by atomic mass is 10.0. The molecular formula is C21H22FN3O2. The van der Waals surface area contributed by atoms with Crippen LogP contribution in [0, 0.1) is 5.82 Å². The molecule has 1 aliphatic heterocycles. The summed E-state index contributed by atoms with van der Waals surface area (Å²) in [6, 6.07) is 12.0. The van der Waals surface area contributed by atoms with Crippen LogP contribution in [0.1, 0.15) is 41.4 Å². The van der Waals surface area contributed by atoms with E-state index in [0.717, 1.165) is 31.5 Å². The zero-order valence-corrected chi connectivity index (χ0v) is 15.2. The van der Waals surface area contributed by atoms with Gasteiger partial charge in [0.25, 0.3) is 0 Å². The van der Waals surface area contributed by atoms with Crippen molar-refractivity contribution in [2.45, 2.75) is 32.2 Å². The van der Waals surface area contributed by atoms with Crippen LogP contribution in [-0.4, -0.2) is 33.2 Å². The molecule has 1 aromatic heterocycles. The van der Waals surface area contributed by atoms with E-state index in [4.69, 9.17) is 4.52 Å². The first-order valence-corrected chi connectivity index (χ1v) is 9.20. The number of rotatable bonds is 4. The summed E-state index contributed by atoms with van der Waals surface area (Å²) in [6.07, 6.45) is 2.32. The highest BCUT2D eigenvalue weighted by Crippen LogP contribution is 2.26. The van der Waals surface area contributed by atoms with E-state index in [-0.39, 0.29) is 11.9 Å². The lowest BCUT2D eigenvalue weighted by Gasteiger charge is -2.24. The standard InChI is InChI=1S/C21H22FN3O2/c1-14(25-10-8-16-4-7-19(26)13-17(16)9-11-25)21-23-20(24-27-21)12-15-2-5-18(22)6-3-15/h2-7,13-14,26H,8-12H2,1H3. The molecule has 1 N–H and O–H groups in total. The topological polar surface area (TPSA) is 62.4 Å². The molecule has 3 aromatic rings. The lowest BCUT2D eigenvalue weighted by molar-refractivity contribution is 0.180. The fourth-order valence-corrected chi connectivity index (χ4v) is 3.57. The van der Waals surface area contributed by atoms with E-state index >= 15 is 0 Å². The lowest BCUT2D eigenvalue weighted by Crippen LogP contribution is -2.29. The maximum Gasteiger partial charge on any atom is 0.243 e. The second-order valence-corrected chi connectivity index (χ2v) is 7.02. The van der Waals surface area contributed by atoms with E-state index in [1.807, 2.05) is 12.1 Å². The van der Waals surface area contributed by atoms with Crippen molar-refractivity contribution in [1.29, 1.82) is 0 Å². The molecule has 140 valence electrons. The predicted octanol–water partition coefficient (Wildman–Crippen LogP) is 3.67. The molecule has 1 aliphatic rings. The molecule has 2 heterocycles. The van der Waals surface area contributed by atoms with Crippen LogP contribution in [0.5, 0.6) is 5.75 Å². The number of hydrogen-bond donors (Lipinski definition) is 1. The quantitative estimate of drug-likeness (QED) is 0.762. The van der Waals surface area contributed by atoms with Gasteiger partial charge in [0.05, 0.1) is 6.04 Å². The van der Waals surface area contributed by atoms with Crippen molar-refractivity contribution in [2.75, 3.05) is 13.1 Å². The van der Waals surface area contributed by atoms with E-state index in [0.29, 0.717) is 23.9 Å². The number of phenols is 1. The smallest absolute Gasteiger partial charge is 0.243 e. The summed E-state index contributed by atoms with van der Waals surface area (Å²) in [7, 11) is 0. The molecule has 0 amide bonds. The van der Waals surface area contributed by atoms with E-state index in [9.17, 15) is 9.50 Å². The Bertz CT molecular complexity index is 923. The molecular weight excluding hydrogens is 345 g/mol. The molecule has 0 bridgehead atoms. The van der Waals surface area contributed by atoms with Crippen LogP contribution >= 0.6 is 0 Å². The number of benzene rings is 2. The molecule has 1 unspecified atom stereocenters. The van der Waals surface area contributed by atoms with E-state index in [2.05, 4.69) is 22.0 Å². The van der Waals surface area contributed by atoms with Gasteiger partial charge in [0, 0.05) is 19.5 Å². The van der Waals surface area contributed by atoms with Crippen LogP contribution in [0.4, 0.5) is 4.39 Å². The maximum atomic E-state index is 13.0. The first-order chi connectivity index (χ1) is 13.1. The molecule has 0 saturated carbocycles. The number of fused-ring (bicyclic) bond motifs is 1. The Morgan fingerprint density at radius 2 is 1.85 bits per heavy atom. The zero-order chi connectivity index (χ0) is 18.8. The van der Waals surface area contributed by atoms with Gasteiger partial charge in [0.15, 0.2) is 5.82 Å². The minimum Gasteiger partial charge on any atom is -0.508 e. The molecule has 0 aliphatic carbocycles. The molecule has 6 heteroatoms. The highest BCUT2D eigenvalue weighted by atomic mass is 19.1. The Balaban J connectivity index is 1.43. The second kappa shape index (κ2) is 7.48. The minimum absolute atomic E-state index is 0.0161. The van der Waals surface area contributed by atoms with Gasteiger partial charge in [-0.3, -0.25) is 4.90 Å². The van der Waals surface area contributed by atoms with Crippen molar-refractivity contribution < 1.29 is 14.0 Å². The Labute approximate surface area is 157 Å². The van der Waals surface area contributed by atoms with Crippen molar-refractivity contribution in [3.63, 3.8) is 0 Å². The molecule has 0 radical (unpaired) electrons. The minimum atomic E-state index is -0.253. The van der Waals surface area contributed by atoms with Crippen molar-refractivity contribution in [3.8, 4) is 5.75 Å².